The summed E-state index contributed by atoms with van der Waals surface area (Å²) in [5, 5.41) is 22.9. The number of carboxylic acid groups (broad SMARTS) is 1. The van der Waals surface area contributed by atoms with Gasteiger partial charge in [-0.15, -0.1) is 0 Å². The second-order valence-electron chi connectivity index (χ2n) is 9.89. The Balaban J connectivity index is 2.08. The minimum Gasteiger partial charge on any atom is -0.492 e. The number of halogens is 7. The Morgan fingerprint density at radius 3 is 2.22 bits per heavy atom. The fourth-order valence-electron chi connectivity index (χ4n) is 4.04. The van der Waals surface area contributed by atoms with Crippen molar-refractivity contribution >= 4 is 23.4 Å². The lowest BCUT2D eigenvalue weighted by molar-refractivity contribution is -0.385. The predicted octanol–water partition coefficient (Wildman–Crippen LogP) is 6.85. The molecular weight excluding hydrogens is 623 g/mol. The summed E-state index contributed by atoms with van der Waals surface area (Å²) in [5.74, 6) is -12.4. The molecule has 2 amide bonds. The number of alkyl halides is 7. The molecule has 0 saturated heterocycles. The van der Waals surface area contributed by atoms with Gasteiger partial charge in [-0.2, -0.15) is 30.7 Å². The quantitative estimate of drug-likeness (QED) is 0.0825. The first-order chi connectivity index (χ1) is 20.9. The highest BCUT2D eigenvalue weighted by Gasteiger charge is 2.72. The first-order valence-corrected chi connectivity index (χ1v) is 13.6. The number of amides is 2. The number of carbonyl (C=O) groups excluding carboxylic acids is 1. The largest absolute Gasteiger partial charge is 0.492 e. The van der Waals surface area contributed by atoms with Crippen molar-refractivity contribution in [2.75, 3.05) is 31.6 Å². The number of nitro groups is 1. The molecule has 250 valence electrons. The molecular formula is C28H32F7N3O7. The average Bonchev–Trinajstić information content (AvgIpc) is 2.94. The zero-order valence-electron chi connectivity index (χ0n) is 24.2. The van der Waals surface area contributed by atoms with E-state index >= 15 is 0 Å². The molecule has 2 rings (SSSR count). The number of hydrogen-bond acceptors (Lipinski definition) is 6. The molecule has 0 saturated carbocycles. The Kier molecular flexibility index (Phi) is 12.9. The summed E-state index contributed by atoms with van der Waals surface area (Å²) in [6.45, 7) is 2.58. The number of nitro benzene ring substituents is 1. The van der Waals surface area contributed by atoms with E-state index in [9.17, 15) is 55.5 Å². The molecule has 1 unspecified atom stereocenters. The van der Waals surface area contributed by atoms with Gasteiger partial charge in [0.2, 0.25) is 0 Å². The van der Waals surface area contributed by atoms with E-state index in [0.717, 1.165) is 11.0 Å². The van der Waals surface area contributed by atoms with Crippen molar-refractivity contribution < 1.29 is 59.8 Å². The van der Waals surface area contributed by atoms with Crippen LogP contribution in [0.25, 0.3) is 0 Å². The van der Waals surface area contributed by atoms with E-state index < -0.39 is 53.9 Å². The minimum atomic E-state index is -6.45. The Morgan fingerprint density at radius 1 is 1.02 bits per heavy atom. The van der Waals surface area contributed by atoms with E-state index in [4.69, 9.17) is 9.47 Å². The van der Waals surface area contributed by atoms with Crippen LogP contribution in [0.5, 0.6) is 5.75 Å². The molecule has 45 heavy (non-hydrogen) atoms. The van der Waals surface area contributed by atoms with Gasteiger partial charge in [-0.05, 0) is 50.5 Å². The van der Waals surface area contributed by atoms with Gasteiger partial charge in [-0.25, -0.2) is 9.59 Å². The summed E-state index contributed by atoms with van der Waals surface area (Å²) < 4.78 is 102. The molecule has 10 nitrogen and oxygen atoms in total. The molecule has 0 aliphatic heterocycles. The number of anilines is 1. The van der Waals surface area contributed by atoms with Gasteiger partial charge < -0.3 is 24.8 Å². The zero-order chi connectivity index (χ0) is 34.0. The summed E-state index contributed by atoms with van der Waals surface area (Å²) in [6.07, 6.45) is -10.4. The van der Waals surface area contributed by atoms with Crippen LogP contribution in [0.2, 0.25) is 0 Å². The van der Waals surface area contributed by atoms with Gasteiger partial charge in [0.15, 0.2) is 6.10 Å². The average molecular weight is 656 g/mol. The molecule has 0 heterocycles. The molecule has 2 aromatic carbocycles. The van der Waals surface area contributed by atoms with E-state index in [1.807, 2.05) is 0 Å². The summed E-state index contributed by atoms with van der Waals surface area (Å²) >= 11 is 0. The fraction of sp³-hybridized carbons (Fsp3) is 0.500. The monoisotopic (exact) mass is 655 g/mol. The SMILES string of the molecule is CCOC(Cc1ccc(OCCN(CCCCC(F)(F)C(F)(F)C(F)(F)F)C(=O)Nc2ccc(C)c([N+](=O)[O-])c2)cc1)C(=O)O. The Morgan fingerprint density at radius 2 is 1.67 bits per heavy atom. The highest BCUT2D eigenvalue weighted by molar-refractivity contribution is 5.89. The van der Waals surface area contributed by atoms with E-state index in [1.54, 1.807) is 19.1 Å². The molecule has 1 atom stereocenters. The zero-order valence-corrected chi connectivity index (χ0v) is 24.2. The van der Waals surface area contributed by atoms with Gasteiger partial charge in [0.05, 0.1) is 11.5 Å². The van der Waals surface area contributed by atoms with E-state index in [2.05, 4.69) is 5.32 Å². The number of aliphatic carboxylic acids is 1. The van der Waals surface area contributed by atoms with Crippen molar-refractivity contribution in [3.05, 3.63) is 63.7 Å². The molecule has 0 aliphatic carbocycles. The second-order valence-corrected chi connectivity index (χ2v) is 9.89. The predicted molar refractivity (Wildman–Crippen MR) is 147 cm³/mol. The number of aryl methyl sites for hydroxylation is 1. The third-order valence-corrected chi connectivity index (χ3v) is 6.55. The molecule has 0 aliphatic rings. The number of ether oxygens (including phenoxy) is 2. The number of benzene rings is 2. The van der Waals surface area contributed by atoms with Crippen LogP contribution >= 0.6 is 0 Å². The lowest BCUT2D eigenvalue weighted by Gasteiger charge is -2.28. The lowest BCUT2D eigenvalue weighted by Crippen LogP contribution is -2.51. The Hall–Kier alpha value is -4.15. The fourth-order valence-corrected chi connectivity index (χ4v) is 4.04. The van der Waals surface area contributed by atoms with E-state index in [1.165, 1.54) is 31.2 Å². The molecule has 0 aromatic heterocycles. The van der Waals surface area contributed by atoms with Crippen LogP contribution in [0, 0.1) is 17.0 Å². The number of nitrogens with one attached hydrogen (secondary N) is 1. The molecule has 0 radical (unpaired) electrons. The molecule has 2 aromatic rings. The maximum absolute atomic E-state index is 13.7. The molecule has 0 fully saturated rings. The maximum atomic E-state index is 13.7. The van der Waals surface area contributed by atoms with Crippen LogP contribution in [-0.2, 0) is 16.0 Å². The third-order valence-electron chi connectivity index (χ3n) is 6.55. The normalized spacial score (nSPS) is 12.8. The smallest absolute Gasteiger partial charge is 0.459 e. The van der Waals surface area contributed by atoms with Gasteiger partial charge >= 0.3 is 30.0 Å². The molecule has 2 N–H and O–H groups in total. The van der Waals surface area contributed by atoms with E-state index in [0.29, 0.717) is 16.9 Å². The van der Waals surface area contributed by atoms with Gasteiger partial charge in [-0.1, -0.05) is 18.2 Å². The molecule has 17 heteroatoms. The number of unbranched alkanes of at least 4 members (excludes halogenated alkanes) is 1. The Labute approximate surface area is 253 Å². The van der Waals surface area contributed by atoms with Crippen molar-refractivity contribution in [1.29, 1.82) is 0 Å². The topological polar surface area (TPSA) is 131 Å². The van der Waals surface area contributed by atoms with E-state index in [-0.39, 0.29) is 50.5 Å². The van der Waals surface area contributed by atoms with Crippen molar-refractivity contribution in [2.45, 2.75) is 63.7 Å². The van der Waals surface area contributed by atoms with Crippen LogP contribution in [0.3, 0.4) is 0 Å². The van der Waals surface area contributed by atoms with Gasteiger partial charge in [0, 0.05) is 43.3 Å². The summed E-state index contributed by atoms with van der Waals surface area (Å²) in [7, 11) is 0. The number of urea groups is 1. The van der Waals surface area contributed by atoms with Gasteiger partial charge in [-0.3, -0.25) is 10.1 Å². The minimum absolute atomic E-state index is 0.0156. The third kappa shape index (κ3) is 10.5. The van der Waals surface area contributed by atoms with Gasteiger partial charge in [0.25, 0.3) is 5.69 Å². The summed E-state index contributed by atoms with van der Waals surface area (Å²) in [6, 6.07) is 9.21. The number of nitrogens with zero attached hydrogens (tertiary/aromatic N) is 2. The summed E-state index contributed by atoms with van der Waals surface area (Å²) in [5.41, 5.74) is 0.656. The van der Waals surface area contributed by atoms with Crippen LogP contribution < -0.4 is 10.1 Å². The first-order valence-electron chi connectivity index (χ1n) is 13.6. The number of carboxylic acids is 1. The van der Waals surface area contributed by atoms with Crippen LogP contribution in [-0.4, -0.2) is 77.4 Å². The molecule has 0 spiro atoms. The van der Waals surface area contributed by atoms with Crippen molar-refractivity contribution in [2.24, 2.45) is 0 Å². The van der Waals surface area contributed by atoms with Gasteiger partial charge in [0.1, 0.15) is 12.4 Å². The van der Waals surface area contributed by atoms with Crippen LogP contribution in [0.4, 0.5) is 46.9 Å². The molecule has 0 bridgehead atoms. The summed E-state index contributed by atoms with van der Waals surface area (Å²) in [4.78, 5) is 35.9. The lowest BCUT2D eigenvalue weighted by atomic mass is 10.0. The number of carbonyl (C=O) groups is 2. The van der Waals surface area contributed by atoms with Crippen molar-refractivity contribution in [3.8, 4) is 5.75 Å². The Bertz CT molecular complexity index is 1310. The maximum Gasteiger partial charge on any atom is 0.459 e. The number of hydrogen-bond donors (Lipinski definition) is 2. The van der Waals surface area contributed by atoms with Crippen molar-refractivity contribution in [3.63, 3.8) is 0 Å². The first kappa shape index (κ1) is 37.0. The second kappa shape index (κ2) is 15.7. The number of rotatable bonds is 17. The van der Waals surface area contributed by atoms with Crippen molar-refractivity contribution in [1.82, 2.24) is 4.90 Å². The highest BCUT2D eigenvalue weighted by Crippen LogP contribution is 2.48. The van der Waals surface area contributed by atoms with Crippen LogP contribution in [0.15, 0.2) is 42.5 Å². The highest BCUT2D eigenvalue weighted by atomic mass is 19.4. The van der Waals surface area contributed by atoms with Crippen LogP contribution in [0.1, 0.15) is 37.3 Å². The standard InChI is InChI=1S/C28H32F7N3O7/c1-3-44-23(24(39)40)16-19-7-10-21(11-8-19)45-15-14-37(13-5-4-12-26(29,30)27(31,32)28(33,34)35)25(41)36-20-9-6-18(2)22(17-20)38(42)43/h6-11,17,23H,3-5,12-16H2,1-2H3,(H,36,41)(H,39,40).